The Labute approximate surface area is 178 Å². The van der Waals surface area contributed by atoms with Gasteiger partial charge >= 0.3 is 0 Å². The summed E-state index contributed by atoms with van der Waals surface area (Å²) in [6.45, 7) is 1.93. The van der Waals surface area contributed by atoms with Crippen LogP contribution in [0, 0.1) is 6.92 Å². The number of carbonyl (C=O) groups excluding carboxylic acids is 1. The predicted octanol–water partition coefficient (Wildman–Crippen LogP) is 4.56. The van der Waals surface area contributed by atoms with Crippen LogP contribution in [0.2, 0.25) is 0 Å². The van der Waals surface area contributed by atoms with Crippen molar-refractivity contribution >= 4 is 33.1 Å². The predicted molar refractivity (Wildman–Crippen MR) is 121 cm³/mol. The van der Waals surface area contributed by atoms with Crippen LogP contribution in [0.3, 0.4) is 0 Å². The number of aromatic nitrogens is 2. The van der Waals surface area contributed by atoms with E-state index in [1.807, 2.05) is 49.4 Å². The highest BCUT2D eigenvalue weighted by Crippen LogP contribution is 2.35. The third-order valence-electron chi connectivity index (χ3n) is 5.61. The maximum atomic E-state index is 13.2. The van der Waals surface area contributed by atoms with E-state index in [9.17, 15) is 9.59 Å². The van der Waals surface area contributed by atoms with Crippen LogP contribution in [0.1, 0.15) is 22.4 Å². The highest BCUT2D eigenvalue weighted by Gasteiger charge is 2.18. The normalized spacial score (nSPS) is 12.8. The summed E-state index contributed by atoms with van der Waals surface area (Å²) in [5.41, 5.74) is 5.14. The summed E-state index contributed by atoms with van der Waals surface area (Å²) in [5, 5.41) is 3.50. The minimum atomic E-state index is -0.232. The maximum absolute atomic E-state index is 13.2. The third-order valence-corrected chi connectivity index (χ3v) is 6.63. The van der Waals surface area contributed by atoms with E-state index in [0.29, 0.717) is 10.2 Å². The fourth-order valence-corrected chi connectivity index (χ4v) is 5.21. The second-order valence-electron chi connectivity index (χ2n) is 7.64. The van der Waals surface area contributed by atoms with E-state index in [1.165, 1.54) is 33.4 Å². The molecule has 0 bridgehead atoms. The van der Waals surface area contributed by atoms with Crippen molar-refractivity contribution in [1.82, 2.24) is 9.55 Å². The number of fused-ring (bicyclic) bond motifs is 2. The topological polar surface area (TPSA) is 64.0 Å². The second kappa shape index (κ2) is 7.54. The number of hydrogen-bond acceptors (Lipinski definition) is 4. The molecule has 6 heteroatoms. The second-order valence-corrected chi connectivity index (χ2v) is 8.85. The zero-order chi connectivity index (χ0) is 20.7. The summed E-state index contributed by atoms with van der Waals surface area (Å²) in [5.74, 6) is -0.232. The molecule has 0 spiro atoms. The number of nitrogens with zero attached hydrogens (tertiary/aromatic N) is 2. The Hall–Kier alpha value is -3.25. The zero-order valence-electron chi connectivity index (χ0n) is 16.6. The molecule has 30 heavy (non-hydrogen) atoms. The van der Waals surface area contributed by atoms with Crippen LogP contribution in [0.25, 0.3) is 21.3 Å². The molecule has 1 N–H and O–H groups in total. The highest BCUT2D eigenvalue weighted by molar-refractivity contribution is 7.19. The van der Waals surface area contributed by atoms with Gasteiger partial charge in [0.25, 0.3) is 5.56 Å². The van der Waals surface area contributed by atoms with Gasteiger partial charge in [0.05, 0.1) is 11.7 Å². The molecule has 1 aliphatic carbocycles. The Balaban J connectivity index is 1.45. The molecule has 150 valence electrons. The molecular formula is C24H21N3O2S. The van der Waals surface area contributed by atoms with Gasteiger partial charge in [-0.25, -0.2) is 4.98 Å². The number of rotatable bonds is 4. The van der Waals surface area contributed by atoms with Gasteiger partial charge in [-0.05, 0) is 55.0 Å². The van der Waals surface area contributed by atoms with Gasteiger partial charge in [0.2, 0.25) is 5.91 Å². The molecule has 0 radical (unpaired) electrons. The van der Waals surface area contributed by atoms with Crippen molar-refractivity contribution in [3.05, 3.63) is 81.2 Å². The average Bonchev–Trinajstić information content (AvgIpc) is 3.34. The lowest BCUT2D eigenvalue weighted by Gasteiger charge is -2.09. The summed E-state index contributed by atoms with van der Waals surface area (Å²) in [6.07, 6.45) is 4.79. The molecule has 1 amide bonds. The molecule has 0 atom stereocenters. The largest absolute Gasteiger partial charge is 0.325 e. The average molecular weight is 416 g/mol. The molecule has 5 rings (SSSR count). The summed E-state index contributed by atoms with van der Waals surface area (Å²) >= 11 is 1.50. The lowest BCUT2D eigenvalue weighted by atomic mass is 10.0. The molecule has 0 saturated carbocycles. The Morgan fingerprint density at radius 2 is 1.93 bits per heavy atom. The van der Waals surface area contributed by atoms with Crippen LogP contribution in [0.5, 0.6) is 0 Å². The van der Waals surface area contributed by atoms with Crippen LogP contribution in [-0.4, -0.2) is 15.5 Å². The summed E-state index contributed by atoms with van der Waals surface area (Å²) in [4.78, 5) is 32.1. The first-order chi connectivity index (χ1) is 14.6. The standard InChI is InChI=1S/C24H21N3O2S/c1-15-21(17-6-3-2-4-7-17)22-23(30-15)25-14-27(24(22)29)13-20(28)26-19-11-10-16-8-5-9-18(16)12-19/h2-4,6-7,10-12,14H,5,8-9,13H2,1H3,(H,26,28). The number of nitrogens with one attached hydrogen (secondary N) is 1. The van der Waals surface area contributed by atoms with Crippen molar-refractivity contribution in [3.63, 3.8) is 0 Å². The van der Waals surface area contributed by atoms with Crippen molar-refractivity contribution in [2.45, 2.75) is 32.7 Å². The molecule has 2 aromatic heterocycles. The first kappa shape index (κ1) is 18.8. The number of thiophene rings is 1. The first-order valence-electron chi connectivity index (χ1n) is 10.1. The molecule has 5 nitrogen and oxygen atoms in total. The van der Waals surface area contributed by atoms with Crippen LogP contribution in [0.15, 0.2) is 59.7 Å². The number of benzene rings is 2. The molecule has 0 fully saturated rings. The van der Waals surface area contributed by atoms with E-state index < -0.39 is 0 Å². The van der Waals surface area contributed by atoms with Gasteiger partial charge in [0, 0.05) is 16.1 Å². The van der Waals surface area contributed by atoms with Gasteiger partial charge in [-0.3, -0.25) is 14.2 Å². The van der Waals surface area contributed by atoms with Gasteiger partial charge in [-0.15, -0.1) is 11.3 Å². The summed E-state index contributed by atoms with van der Waals surface area (Å²) in [6, 6.07) is 15.9. The smallest absolute Gasteiger partial charge is 0.263 e. The van der Waals surface area contributed by atoms with Crippen molar-refractivity contribution < 1.29 is 4.79 Å². The monoisotopic (exact) mass is 415 g/mol. The van der Waals surface area contributed by atoms with Crippen molar-refractivity contribution in [3.8, 4) is 11.1 Å². The maximum Gasteiger partial charge on any atom is 0.263 e. The number of aryl methyl sites for hydroxylation is 3. The Morgan fingerprint density at radius 1 is 1.13 bits per heavy atom. The minimum absolute atomic E-state index is 0.0675. The summed E-state index contributed by atoms with van der Waals surface area (Å²) in [7, 11) is 0. The van der Waals surface area contributed by atoms with Gasteiger partial charge in [-0.2, -0.15) is 0 Å². The Kier molecular flexibility index (Phi) is 4.71. The number of carbonyl (C=O) groups is 1. The molecular weight excluding hydrogens is 394 g/mol. The minimum Gasteiger partial charge on any atom is -0.325 e. The van der Waals surface area contributed by atoms with Gasteiger partial charge in [-0.1, -0.05) is 36.4 Å². The van der Waals surface area contributed by atoms with Crippen molar-refractivity contribution in [1.29, 1.82) is 0 Å². The van der Waals surface area contributed by atoms with Gasteiger partial charge in [0.1, 0.15) is 11.4 Å². The first-order valence-corrected chi connectivity index (χ1v) is 10.9. The van der Waals surface area contributed by atoms with Gasteiger partial charge in [0.15, 0.2) is 0 Å². The highest BCUT2D eigenvalue weighted by atomic mass is 32.1. The van der Waals surface area contributed by atoms with E-state index in [-0.39, 0.29) is 18.0 Å². The van der Waals surface area contributed by atoms with E-state index in [0.717, 1.165) is 41.0 Å². The summed E-state index contributed by atoms with van der Waals surface area (Å²) < 4.78 is 1.39. The molecule has 1 aliphatic rings. The fraction of sp³-hybridized carbons (Fsp3) is 0.208. The van der Waals surface area contributed by atoms with Crippen LogP contribution >= 0.6 is 11.3 Å². The molecule has 0 saturated heterocycles. The quantitative estimate of drug-likeness (QED) is 0.531. The Bertz CT molecular complexity index is 1320. The molecule has 0 unspecified atom stereocenters. The van der Waals surface area contributed by atoms with Gasteiger partial charge < -0.3 is 5.32 Å². The van der Waals surface area contributed by atoms with Crippen LogP contribution in [0.4, 0.5) is 5.69 Å². The molecule has 2 heterocycles. The molecule has 4 aromatic rings. The lowest BCUT2D eigenvalue weighted by Crippen LogP contribution is -2.27. The van der Waals surface area contributed by atoms with E-state index in [1.54, 1.807) is 0 Å². The zero-order valence-corrected chi connectivity index (χ0v) is 17.5. The number of amides is 1. The lowest BCUT2D eigenvalue weighted by molar-refractivity contribution is -0.116. The van der Waals surface area contributed by atoms with Crippen LogP contribution in [-0.2, 0) is 24.2 Å². The number of hydrogen-bond donors (Lipinski definition) is 1. The van der Waals surface area contributed by atoms with Crippen molar-refractivity contribution in [2.75, 3.05) is 5.32 Å². The van der Waals surface area contributed by atoms with E-state index in [4.69, 9.17) is 0 Å². The third kappa shape index (κ3) is 3.33. The Morgan fingerprint density at radius 3 is 2.77 bits per heavy atom. The fourth-order valence-electron chi connectivity index (χ4n) is 4.21. The van der Waals surface area contributed by atoms with E-state index >= 15 is 0 Å². The number of anilines is 1. The van der Waals surface area contributed by atoms with Crippen molar-refractivity contribution in [2.24, 2.45) is 0 Å². The molecule has 0 aliphatic heterocycles. The SMILES string of the molecule is Cc1sc2ncn(CC(=O)Nc3ccc4c(c3)CCC4)c(=O)c2c1-c1ccccc1. The van der Waals surface area contributed by atoms with Crippen LogP contribution < -0.4 is 10.9 Å². The van der Waals surface area contributed by atoms with E-state index in [2.05, 4.69) is 16.4 Å². The molecule has 2 aromatic carbocycles.